The van der Waals surface area contributed by atoms with E-state index in [1.54, 1.807) is 12.4 Å². The third-order valence-electron chi connectivity index (χ3n) is 2.05. The van der Waals surface area contributed by atoms with Gasteiger partial charge in [0.05, 0.1) is 24.2 Å². The van der Waals surface area contributed by atoms with Crippen LogP contribution in [0.15, 0.2) is 12.4 Å². The largest absolute Gasteiger partial charge is 0.464 e. The number of ether oxygens (including phenoxy) is 1. The molecule has 5 nitrogen and oxygen atoms in total. The number of carbonyl (C=O) groups is 1. The molecule has 0 aliphatic heterocycles. The summed E-state index contributed by atoms with van der Waals surface area (Å²) < 4.78 is 4.61. The Labute approximate surface area is 80.1 Å². The minimum absolute atomic E-state index is 0.293. The molecule has 0 aliphatic rings. The van der Waals surface area contributed by atoms with Gasteiger partial charge in [-0.25, -0.2) is 9.78 Å². The van der Waals surface area contributed by atoms with Crippen LogP contribution in [-0.2, 0) is 4.74 Å². The summed E-state index contributed by atoms with van der Waals surface area (Å²) in [4.78, 5) is 15.3. The quantitative estimate of drug-likeness (QED) is 0.684. The molecule has 0 atom stereocenters. The van der Waals surface area contributed by atoms with E-state index >= 15 is 0 Å². The molecular weight excluding hydrogens is 182 g/mol. The SMILES string of the molecule is COC(=O)c1ncc(C)c2[nH]ncc12. The Morgan fingerprint density at radius 3 is 3.00 bits per heavy atom. The maximum Gasteiger partial charge on any atom is 0.357 e. The van der Waals surface area contributed by atoms with Crippen LogP contribution in [0.25, 0.3) is 10.9 Å². The predicted molar refractivity (Wildman–Crippen MR) is 50.0 cm³/mol. The number of aryl methyl sites for hydroxylation is 1. The lowest BCUT2D eigenvalue weighted by Crippen LogP contribution is -2.04. The molecule has 0 saturated heterocycles. The summed E-state index contributed by atoms with van der Waals surface area (Å²) in [5.41, 5.74) is 2.06. The number of H-pyrrole nitrogens is 1. The van der Waals surface area contributed by atoms with Crippen LogP contribution >= 0.6 is 0 Å². The fourth-order valence-corrected chi connectivity index (χ4v) is 1.32. The number of aromatic amines is 1. The second kappa shape index (κ2) is 3.10. The molecule has 1 N–H and O–H groups in total. The number of hydrogen-bond donors (Lipinski definition) is 1. The fourth-order valence-electron chi connectivity index (χ4n) is 1.32. The Bertz CT molecular complexity index is 490. The highest BCUT2D eigenvalue weighted by atomic mass is 16.5. The first kappa shape index (κ1) is 8.68. The molecule has 0 fully saturated rings. The Morgan fingerprint density at radius 2 is 2.29 bits per heavy atom. The van der Waals surface area contributed by atoms with Gasteiger partial charge in [-0.05, 0) is 12.5 Å². The third kappa shape index (κ3) is 1.14. The Kier molecular flexibility index (Phi) is 1.92. The summed E-state index contributed by atoms with van der Waals surface area (Å²) in [6.45, 7) is 1.90. The van der Waals surface area contributed by atoms with Crippen molar-refractivity contribution < 1.29 is 9.53 Å². The van der Waals surface area contributed by atoms with Crippen molar-refractivity contribution in [2.75, 3.05) is 7.11 Å². The van der Waals surface area contributed by atoms with Crippen molar-refractivity contribution in [1.82, 2.24) is 15.2 Å². The van der Waals surface area contributed by atoms with Crippen LogP contribution in [0, 0.1) is 6.92 Å². The van der Waals surface area contributed by atoms with Crippen molar-refractivity contribution in [3.8, 4) is 0 Å². The first-order valence-electron chi connectivity index (χ1n) is 4.11. The topological polar surface area (TPSA) is 67.9 Å². The Hall–Kier alpha value is -1.91. The van der Waals surface area contributed by atoms with Crippen LogP contribution in [0.3, 0.4) is 0 Å². The smallest absolute Gasteiger partial charge is 0.357 e. The van der Waals surface area contributed by atoms with E-state index in [1.807, 2.05) is 6.92 Å². The van der Waals surface area contributed by atoms with Crippen molar-refractivity contribution in [3.63, 3.8) is 0 Å². The summed E-state index contributed by atoms with van der Waals surface area (Å²) in [6.07, 6.45) is 3.19. The second-order valence-electron chi connectivity index (χ2n) is 2.94. The molecule has 0 unspecified atom stereocenters. The van der Waals surface area contributed by atoms with Gasteiger partial charge in [-0.2, -0.15) is 5.10 Å². The summed E-state index contributed by atoms with van der Waals surface area (Å²) >= 11 is 0. The van der Waals surface area contributed by atoms with Crippen molar-refractivity contribution in [2.45, 2.75) is 6.92 Å². The number of hydrogen-bond acceptors (Lipinski definition) is 4. The maximum atomic E-state index is 11.3. The van der Waals surface area contributed by atoms with Gasteiger partial charge in [0.25, 0.3) is 0 Å². The van der Waals surface area contributed by atoms with E-state index in [4.69, 9.17) is 0 Å². The number of carbonyl (C=O) groups excluding carboxylic acids is 1. The molecule has 0 saturated carbocycles. The van der Waals surface area contributed by atoms with Gasteiger partial charge < -0.3 is 4.74 Å². The molecule has 2 heterocycles. The van der Waals surface area contributed by atoms with E-state index in [1.165, 1.54) is 7.11 Å². The molecule has 14 heavy (non-hydrogen) atoms. The van der Waals surface area contributed by atoms with E-state index in [2.05, 4.69) is 19.9 Å². The van der Waals surface area contributed by atoms with Crippen LogP contribution < -0.4 is 0 Å². The minimum atomic E-state index is -0.448. The van der Waals surface area contributed by atoms with E-state index < -0.39 is 5.97 Å². The summed E-state index contributed by atoms with van der Waals surface area (Å²) in [6, 6.07) is 0. The highest BCUT2D eigenvalue weighted by molar-refractivity contribution is 6.01. The van der Waals surface area contributed by atoms with Gasteiger partial charge in [-0.1, -0.05) is 0 Å². The molecule has 0 aromatic carbocycles. The van der Waals surface area contributed by atoms with Crippen LogP contribution in [-0.4, -0.2) is 28.3 Å². The van der Waals surface area contributed by atoms with E-state index in [0.29, 0.717) is 11.1 Å². The number of aromatic nitrogens is 3. The molecule has 5 heteroatoms. The van der Waals surface area contributed by atoms with E-state index in [0.717, 1.165) is 11.1 Å². The van der Waals surface area contributed by atoms with Gasteiger partial charge in [0.1, 0.15) is 0 Å². The van der Waals surface area contributed by atoms with Gasteiger partial charge in [-0.15, -0.1) is 0 Å². The zero-order valence-electron chi connectivity index (χ0n) is 7.87. The monoisotopic (exact) mass is 191 g/mol. The number of rotatable bonds is 1. The minimum Gasteiger partial charge on any atom is -0.464 e. The van der Waals surface area contributed by atoms with Crippen LogP contribution in [0.1, 0.15) is 16.1 Å². The highest BCUT2D eigenvalue weighted by Gasteiger charge is 2.14. The number of nitrogens with zero attached hydrogens (tertiary/aromatic N) is 2. The Balaban J connectivity index is 2.72. The molecule has 72 valence electrons. The standard InChI is InChI=1S/C9H9N3O2/c1-5-3-10-8(9(13)14-2)6-4-11-12-7(5)6/h3-4H,1-2H3,(H,11,12). The van der Waals surface area contributed by atoms with Crippen molar-refractivity contribution in [1.29, 1.82) is 0 Å². The van der Waals surface area contributed by atoms with Crippen LogP contribution in [0.4, 0.5) is 0 Å². The van der Waals surface area contributed by atoms with Gasteiger partial charge >= 0.3 is 5.97 Å². The second-order valence-corrected chi connectivity index (χ2v) is 2.94. The summed E-state index contributed by atoms with van der Waals surface area (Å²) in [5, 5.41) is 7.37. The molecule has 2 aromatic rings. The van der Waals surface area contributed by atoms with Gasteiger partial charge in [0.15, 0.2) is 5.69 Å². The predicted octanol–water partition coefficient (Wildman–Crippen LogP) is 1.05. The number of pyridine rings is 1. The zero-order valence-corrected chi connectivity index (χ0v) is 7.87. The Morgan fingerprint density at radius 1 is 1.50 bits per heavy atom. The molecule has 0 amide bonds. The van der Waals surface area contributed by atoms with E-state index in [-0.39, 0.29) is 0 Å². The lowest BCUT2D eigenvalue weighted by Gasteiger charge is -2.00. The molecule has 0 spiro atoms. The number of fused-ring (bicyclic) bond motifs is 1. The number of methoxy groups -OCH3 is 1. The third-order valence-corrected chi connectivity index (χ3v) is 2.05. The normalized spacial score (nSPS) is 10.4. The van der Waals surface area contributed by atoms with Crippen molar-refractivity contribution >= 4 is 16.9 Å². The van der Waals surface area contributed by atoms with Gasteiger partial charge in [0.2, 0.25) is 0 Å². The molecule has 2 rings (SSSR count). The lowest BCUT2D eigenvalue weighted by molar-refractivity contribution is 0.0596. The lowest BCUT2D eigenvalue weighted by atomic mass is 10.2. The number of esters is 1. The van der Waals surface area contributed by atoms with Crippen molar-refractivity contribution in [3.05, 3.63) is 23.7 Å². The average molecular weight is 191 g/mol. The van der Waals surface area contributed by atoms with Gasteiger partial charge in [-0.3, -0.25) is 5.10 Å². The van der Waals surface area contributed by atoms with Gasteiger partial charge in [0, 0.05) is 6.20 Å². The van der Waals surface area contributed by atoms with Crippen LogP contribution in [0.5, 0.6) is 0 Å². The first-order valence-corrected chi connectivity index (χ1v) is 4.11. The molecule has 0 aliphatic carbocycles. The van der Waals surface area contributed by atoms with E-state index in [9.17, 15) is 4.79 Å². The first-order chi connectivity index (χ1) is 6.74. The summed E-state index contributed by atoms with van der Waals surface area (Å²) in [5.74, 6) is -0.448. The molecule has 0 radical (unpaired) electrons. The average Bonchev–Trinajstić information content (AvgIpc) is 2.67. The number of nitrogens with one attached hydrogen (secondary N) is 1. The maximum absolute atomic E-state index is 11.3. The molecule has 2 aromatic heterocycles. The summed E-state index contributed by atoms with van der Waals surface area (Å²) in [7, 11) is 1.33. The van der Waals surface area contributed by atoms with Crippen molar-refractivity contribution in [2.24, 2.45) is 0 Å². The molecule has 0 bridgehead atoms. The molecular formula is C9H9N3O2. The zero-order chi connectivity index (χ0) is 10.1. The fraction of sp³-hybridized carbons (Fsp3) is 0.222. The van der Waals surface area contributed by atoms with Crippen LogP contribution in [0.2, 0.25) is 0 Å². The highest BCUT2D eigenvalue weighted by Crippen LogP contribution is 2.17.